The molecule has 0 aliphatic carbocycles. The topological polar surface area (TPSA) is 153 Å². The number of amides is 1. The molecule has 0 saturated carbocycles. The Hall–Kier alpha value is -2.73. The fraction of sp³-hybridized carbons (Fsp3) is 0.722. The van der Waals surface area contributed by atoms with Crippen LogP contribution >= 0.6 is 0 Å². The van der Waals surface area contributed by atoms with Crippen LogP contribution in [0.4, 0.5) is 0 Å². The number of rotatable bonds is 9. The largest absolute Gasteiger partial charge is 0.463 e. The maximum Gasteiger partial charge on any atom is 0.303 e. The standard InChI is InChI=1S/C18H27NO11/c1-9(20)19-6-7-25-18-17(29-13(5)24)16(28-12(4)23)15(27-11(3)22)14(30-18)8-26-10(2)21/h14-18H,6-8H2,1-5H3,(H,19,20)/t14?,15-,16+,17?,18-/m1/s1. The normalized spacial score (nSPS) is 25.6. The van der Waals surface area contributed by atoms with Gasteiger partial charge in [-0.3, -0.25) is 24.0 Å². The van der Waals surface area contributed by atoms with Crippen molar-refractivity contribution in [1.29, 1.82) is 0 Å². The van der Waals surface area contributed by atoms with Crippen LogP contribution in [0.3, 0.4) is 0 Å². The predicted octanol–water partition coefficient (Wildman–Crippen LogP) is -0.778. The quantitative estimate of drug-likeness (QED) is 0.277. The third kappa shape index (κ3) is 8.74. The molecular weight excluding hydrogens is 406 g/mol. The van der Waals surface area contributed by atoms with Gasteiger partial charge in [-0.15, -0.1) is 0 Å². The summed E-state index contributed by atoms with van der Waals surface area (Å²) in [6, 6.07) is 0. The zero-order valence-corrected chi connectivity index (χ0v) is 17.5. The lowest BCUT2D eigenvalue weighted by Crippen LogP contribution is -2.63. The van der Waals surface area contributed by atoms with E-state index in [1.807, 2.05) is 0 Å². The lowest BCUT2D eigenvalue weighted by atomic mass is 9.98. The van der Waals surface area contributed by atoms with Gasteiger partial charge in [0.25, 0.3) is 0 Å². The zero-order valence-electron chi connectivity index (χ0n) is 17.5. The van der Waals surface area contributed by atoms with E-state index in [1.165, 1.54) is 13.8 Å². The molecule has 170 valence electrons. The summed E-state index contributed by atoms with van der Waals surface area (Å²) in [6.45, 7) is 5.64. The van der Waals surface area contributed by atoms with Crippen molar-refractivity contribution in [2.45, 2.75) is 65.3 Å². The van der Waals surface area contributed by atoms with E-state index in [0.29, 0.717) is 0 Å². The lowest BCUT2D eigenvalue weighted by molar-refractivity contribution is -0.307. The van der Waals surface area contributed by atoms with Crippen LogP contribution in [0, 0.1) is 0 Å². The number of nitrogens with one attached hydrogen (secondary N) is 1. The van der Waals surface area contributed by atoms with Gasteiger partial charge in [-0.1, -0.05) is 0 Å². The molecule has 30 heavy (non-hydrogen) atoms. The number of hydrogen-bond donors (Lipinski definition) is 1. The highest BCUT2D eigenvalue weighted by molar-refractivity contribution is 5.72. The van der Waals surface area contributed by atoms with Gasteiger partial charge in [0.15, 0.2) is 24.6 Å². The Bertz CT molecular complexity index is 650. The molecule has 1 N–H and O–H groups in total. The van der Waals surface area contributed by atoms with Crippen LogP contribution in [0.2, 0.25) is 0 Å². The van der Waals surface area contributed by atoms with Crippen LogP contribution in [0.1, 0.15) is 34.6 Å². The van der Waals surface area contributed by atoms with E-state index in [0.717, 1.165) is 20.8 Å². The molecule has 1 aliphatic heterocycles. The second-order valence-corrected chi connectivity index (χ2v) is 6.42. The maximum atomic E-state index is 11.7. The Labute approximate surface area is 173 Å². The van der Waals surface area contributed by atoms with Crippen LogP contribution in [-0.2, 0) is 52.4 Å². The van der Waals surface area contributed by atoms with E-state index >= 15 is 0 Å². The molecule has 12 nitrogen and oxygen atoms in total. The highest BCUT2D eigenvalue weighted by Gasteiger charge is 2.52. The number of carbonyl (C=O) groups excluding carboxylic acids is 5. The molecule has 0 radical (unpaired) electrons. The Morgan fingerprint density at radius 1 is 0.767 bits per heavy atom. The summed E-state index contributed by atoms with van der Waals surface area (Å²) in [5.74, 6) is -3.08. The van der Waals surface area contributed by atoms with Crippen molar-refractivity contribution in [3.05, 3.63) is 0 Å². The van der Waals surface area contributed by atoms with E-state index < -0.39 is 54.6 Å². The number of carbonyl (C=O) groups is 5. The van der Waals surface area contributed by atoms with E-state index in [1.54, 1.807) is 0 Å². The van der Waals surface area contributed by atoms with Crippen molar-refractivity contribution in [3.8, 4) is 0 Å². The number of ether oxygens (including phenoxy) is 6. The first kappa shape index (κ1) is 25.3. The summed E-state index contributed by atoms with van der Waals surface area (Å²) in [5.41, 5.74) is 0. The Kier molecular flexibility index (Phi) is 10.2. The third-order valence-corrected chi connectivity index (χ3v) is 3.71. The fourth-order valence-corrected chi connectivity index (χ4v) is 2.73. The van der Waals surface area contributed by atoms with Crippen LogP contribution in [0.15, 0.2) is 0 Å². The van der Waals surface area contributed by atoms with Crippen molar-refractivity contribution in [1.82, 2.24) is 5.32 Å². The number of hydrogen-bond acceptors (Lipinski definition) is 11. The first-order chi connectivity index (χ1) is 14.0. The molecule has 1 fully saturated rings. The molecule has 1 amide bonds. The van der Waals surface area contributed by atoms with Crippen LogP contribution in [-0.4, -0.2) is 80.2 Å². The molecular formula is C18H27NO11. The summed E-state index contributed by atoms with van der Waals surface area (Å²) in [4.78, 5) is 57.1. The minimum Gasteiger partial charge on any atom is -0.463 e. The first-order valence-corrected chi connectivity index (χ1v) is 9.17. The highest BCUT2D eigenvalue weighted by atomic mass is 16.7. The molecule has 0 spiro atoms. The average Bonchev–Trinajstić information content (AvgIpc) is 2.60. The maximum absolute atomic E-state index is 11.7. The predicted molar refractivity (Wildman–Crippen MR) is 96.6 cm³/mol. The number of esters is 4. The molecule has 5 atom stereocenters. The molecule has 1 saturated heterocycles. The Balaban J connectivity index is 3.17. The first-order valence-electron chi connectivity index (χ1n) is 9.17. The summed E-state index contributed by atoms with van der Waals surface area (Å²) in [6.07, 6.45) is -6.18. The van der Waals surface area contributed by atoms with Gasteiger partial charge in [0.05, 0.1) is 6.61 Å². The smallest absolute Gasteiger partial charge is 0.303 e. The lowest BCUT2D eigenvalue weighted by Gasteiger charge is -2.44. The van der Waals surface area contributed by atoms with E-state index in [9.17, 15) is 24.0 Å². The fourth-order valence-electron chi connectivity index (χ4n) is 2.73. The van der Waals surface area contributed by atoms with Crippen LogP contribution in [0.5, 0.6) is 0 Å². The molecule has 1 rings (SSSR count). The van der Waals surface area contributed by atoms with Crippen molar-refractivity contribution in [2.24, 2.45) is 0 Å². The second kappa shape index (κ2) is 12.1. The molecule has 0 aromatic carbocycles. The summed E-state index contributed by atoms with van der Waals surface area (Å²) in [5, 5.41) is 2.52. The van der Waals surface area contributed by atoms with Crippen molar-refractivity contribution >= 4 is 29.8 Å². The molecule has 1 heterocycles. The molecule has 2 unspecified atom stereocenters. The van der Waals surface area contributed by atoms with Gasteiger partial charge in [0, 0.05) is 41.2 Å². The average molecular weight is 433 g/mol. The van der Waals surface area contributed by atoms with Crippen LogP contribution < -0.4 is 5.32 Å². The third-order valence-electron chi connectivity index (χ3n) is 3.71. The van der Waals surface area contributed by atoms with Crippen LogP contribution in [0.25, 0.3) is 0 Å². The van der Waals surface area contributed by atoms with Gasteiger partial charge >= 0.3 is 23.9 Å². The van der Waals surface area contributed by atoms with E-state index in [2.05, 4.69) is 5.32 Å². The molecule has 0 bridgehead atoms. The summed E-state index contributed by atoms with van der Waals surface area (Å²) >= 11 is 0. The summed E-state index contributed by atoms with van der Waals surface area (Å²) < 4.78 is 32.0. The monoisotopic (exact) mass is 433 g/mol. The van der Waals surface area contributed by atoms with Crippen molar-refractivity contribution in [2.75, 3.05) is 19.8 Å². The highest BCUT2D eigenvalue weighted by Crippen LogP contribution is 2.29. The van der Waals surface area contributed by atoms with Gasteiger partial charge < -0.3 is 33.7 Å². The minimum absolute atomic E-state index is 0.0344. The van der Waals surface area contributed by atoms with Crippen molar-refractivity contribution in [3.63, 3.8) is 0 Å². The van der Waals surface area contributed by atoms with Gasteiger partial charge in [0.2, 0.25) is 5.91 Å². The van der Waals surface area contributed by atoms with Gasteiger partial charge in [-0.25, -0.2) is 0 Å². The van der Waals surface area contributed by atoms with E-state index in [-0.39, 0.29) is 25.7 Å². The van der Waals surface area contributed by atoms with Crippen molar-refractivity contribution < 1.29 is 52.4 Å². The van der Waals surface area contributed by atoms with E-state index in [4.69, 9.17) is 28.4 Å². The minimum atomic E-state index is -1.30. The second-order valence-electron chi connectivity index (χ2n) is 6.42. The molecule has 0 aromatic rings. The zero-order chi connectivity index (χ0) is 22.8. The summed E-state index contributed by atoms with van der Waals surface area (Å²) in [7, 11) is 0. The molecule has 12 heteroatoms. The molecule has 0 aromatic heterocycles. The van der Waals surface area contributed by atoms with Gasteiger partial charge in [-0.05, 0) is 0 Å². The van der Waals surface area contributed by atoms with Gasteiger partial charge in [-0.2, -0.15) is 0 Å². The molecule has 1 aliphatic rings. The Morgan fingerprint density at radius 3 is 1.80 bits per heavy atom. The Morgan fingerprint density at radius 2 is 1.30 bits per heavy atom. The SMILES string of the molecule is CC(=O)NCCO[C@@H]1OC(COC(C)=O)[C@@H](OC(C)=O)[C@H](OC(C)=O)C1OC(C)=O. The van der Waals surface area contributed by atoms with Gasteiger partial charge in [0.1, 0.15) is 12.7 Å².